The summed E-state index contributed by atoms with van der Waals surface area (Å²) in [6.07, 6.45) is 6.21. The van der Waals surface area contributed by atoms with Crippen LogP contribution in [-0.2, 0) is 12.8 Å². The van der Waals surface area contributed by atoms with Gasteiger partial charge in [0.15, 0.2) is 0 Å². The van der Waals surface area contributed by atoms with Crippen molar-refractivity contribution in [2.75, 3.05) is 20.4 Å². The van der Waals surface area contributed by atoms with E-state index < -0.39 is 23.6 Å². The lowest BCUT2D eigenvalue weighted by Gasteiger charge is -2.37. The maximum atomic E-state index is 15.7. The molecule has 2 aliphatic heterocycles. The minimum absolute atomic E-state index is 0.0110. The van der Waals surface area contributed by atoms with Gasteiger partial charge in [-0.05, 0) is 119 Å². The zero-order valence-electron chi connectivity index (χ0n) is 40.3. The Bertz CT molecular complexity index is 2620. The van der Waals surface area contributed by atoms with Crippen molar-refractivity contribution < 1.29 is 19.2 Å². The molecule has 2 heterocycles. The van der Waals surface area contributed by atoms with Crippen molar-refractivity contribution in [2.24, 2.45) is 0 Å². The monoisotopic (exact) mass is 880 g/mol. The molecular weight excluding hydrogens is 817 g/mol. The van der Waals surface area contributed by atoms with E-state index in [4.69, 9.17) is 0 Å². The van der Waals surface area contributed by atoms with Crippen LogP contribution in [0.5, 0.6) is 0 Å². The third-order valence-electron chi connectivity index (χ3n) is 13.3. The van der Waals surface area contributed by atoms with Crippen LogP contribution in [0.1, 0.15) is 193 Å². The van der Waals surface area contributed by atoms with Crippen molar-refractivity contribution in [1.29, 1.82) is 0 Å². The van der Waals surface area contributed by atoms with Gasteiger partial charge < -0.3 is 10.6 Å². The Hall–Kier alpha value is -6.54. The lowest BCUT2D eigenvalue weighted by molar-refractivity contribution is 0.0873. The molecule has 0 aliphatic carbocycles. The lowest BCUT2D eigenvalue weighted by Crippen LogP contribution is -2.45. The summed E-state index contributed by atoms with van der Waals surface area (Å²) in [6.45, 7) is 20.9. The molecule has 0 bridgehead atoms. The first-order valence-electron chi connectivity index (χ1n) is 24.1. The predicted molar refractivity (Wildman–Crippen MR) is 272 cm³/mol. The molecule has 0 spiro atoms. The van der Waals surface area contributed by atoms with Crippen LogP contribution in [-0.4, -0.2) is 23.6 Å². The highest BCUT2D eigenvalue weighted by Crippen LogP contribution is 2.50. The molecule has 0 fully saturated rings. The second kappa shape index (κ2) is 18.7. The highest BCUT2D eigenvalue weighted by Gasteiger charge is 2.46. The van der Waals surface area contributed by atoms with Crippen molar-refractivity contribution >= 4 is 68.5 Å². The Morgan fingerprint density at radius 3 is 1.05 bits per heavy atom. The van der Waals surface area contributed by atoms with Crippen LogP contribution in [0.25, 0.3) is 10.8 Å². The summed E-state index contributed by atoms with van der Waals surface area (Å²) < 4.78 is 0. The number of rotatable bonds is 16. The topological polar surface area (TPSA) is 98.8 Å². The third kappa shape index (κ3) is 8.20. The Morgan fingerprint density at radius 2 is 0.758 bits per heavy atom. The molecule has 0 radical (unpaired) electrons. The van der Waals surface area contributed by atoms with E-state index in [9.17, 15) is 0 Å². The fraction of sp³-hybridized carbons (Fsp3) is 0.345. The summed E-state index contributed by atoms with van der Waals surface area (Å²) in [4.78, 5) is 65.3. The zero-order valence-corrected chi connectivity index (χ0v) is 40.3. The van der Waals surface area contributed by atoms with Crippen LogP contribution in [0.3, 0.4) is 0 Å². The largest absolute Gasteiger partial charge is 0.355 e. The molecule has 6 aromatic rings. The van der Waals surface area contributed by atoms with Gasteiger partial charge in [0.05, 0.1) is 45.0 Å². The van der Waals surface area contributed by atoms with Crippen LogP contribution in [0.4, 0.5) is 34.1 Å². The van der Waals surface area contributed by atoms with Gasteiger partial charge in [-0.15, -0.1) is 0 Å². The van der Waals surface area contributed by atoms with Crippen LogP contribution < -0.4 is 20.4 Å². The molecule has 66 heavy (non-hydrogen) atoms. The number of para-hydroxylation sites is 2. The number of unbranched alkanes of at least 4 members (excludes halogenated alkanes) is 2. The van der Waals surface area contributed by atoms with E-state index in [0.717, 1.165) is 72.2 Å². The maximum Gasteiger partial charge on any atom is 0.268 e. The number of anilines is 6. The molecule has 6 aromatic carbocycles. The molecule has 4 amide bonds. The SMILES string of the molecule is CCCCc1ccc(Nc2cc3c4c(c(Nc5ccc(CCCC)cc5)cc5c4c2C(=O)N(c2c(C(C)C)cccc2C(C)C)C5=O)C(=O)N(c2c(C(C)C)cccc2C(C)C)C3=O)cc1. The molecule has 0 saturated carbocycles. The van der Waals surface area contributed by atoms with Crippen LogP contribution in [0.2, 0.25) is 0 Å². The van der Waals surface area contributed by atoms with E-state index in [-0.39, 0.29) is 45.9 Å². The molecule has 8 rings (SSSR count). The molecule has 340 valence electrons. The minimum atomic E-state index is -0.514. The minimum Gasteiger partial charge on any atom is -0.355 e. The van der Waals surface area contributed by atoms with E-state index in [1.54, 1.807) is 12.1 Å². The van der Waals surface area contributed by atoms with Crippen molar-refractivity contribution in [3.05, 3.63) is 153 Å². The molecule has 0 saturated heterocycles. The molecule has 8 heteroatoms. The number of carbonyl (C=O) groups is 4. The average Bonchev–Trinajstić information content (AvgIpc) is 3.29. The summed E-state index contributed by atoms with van der Waals surface area (Å²) in [6, 6.07) is 31.7. The Balaban J connectivity index is 1.45. The number of hydrogen-bond donors (Lipinski definition) is 2. The van der Waals surface area contributed by atoms with Crippen molar-refractivity contribution in [3.63, 3.8) is 0 Å². The summed E-state index contributed by atoms with van der Waals surface area (Å²) in [5, 5.41) is 7.72. The van der Waals surface area contributed by atoms with Crippen molar-refractivity contribution in [3.8, 4) is 0 Å². The van der Waals surface area contributed by atoms with Crippen LogP contribution in [0.15, 0.2) is 97.1 Å². The molecular formula is C58H64N4O4. The predicted octanol–water partition coefficient (Wildman–Crippen LogP) is 15.1. The molecule has 2 N–H and O–H groups in total. The summed E-state index contributed by atoms with van der Waals surface area (Å²) in [5.74, 6) is -2.09. The van der Waals surface area contributed by atoms with Gasteiger partial charge in [0.25, 0.3) is 23.6 Å². The fourth-order valence-electron chi connectivity index (χ4n) is 9.79. The number of carbonyl (C=O) groups excluding carboxylic acids is 4. The summed E-state index contributed by atoms with van der Waals surface area (Å²) in [7, 11) is 0. The number of nitrogens with zero attached hydrogens (tertiary/aromatic N) is 2. The van der Waals surface area contributed by atoms with Gasteiger partial charge in [-0.25, -0.2) is 9.80 Å². The molecule has 2 aliphatic rings. The smallest absolute Gasteiger partial charge is 0.268 e. The van der Waals surface area contributed by atoms with E-state index in [0.29, 0.717) is 33.5 Å². The van der Waals surface area contributed by atoms with Gasteiger partial charge in [0.2, 0.25) is 0 Å². The van der Waals surface area contributed by atoms with E-state index in [1.807, 2.05) is 60.7 Å². The number of benzene rings is 6. The van der Waals surface area contributed by atoms with E-state index >= 15 is 19.2 Å². The summed E-state index contributed by atoms with van der Waals surface area (Å²) >= 11 is 0. The first kappa shape index (κ1) is 46.0. The second-order valence-corrected chi connectivity index (χ2v) is 19.4. The van der Waals surface area contributed by atoms with Gasteiger partial charge in [-0.3, -0.25) is 19.2 Å². The van der Waals surface area contributed by atoms with Gasteiger partial charge in [-0.2, -0.15) is 0 Å². The summed E-state index contributed by atoms with van der Waals surface area (Å²) in [5.41, 5.74) is 10.2. The quantitative estimate of drug-likeness (QED) is 0.0940. The van der Waals surface area contributed by atoms with E-state index in [1.165, 1.54) is 20.9 Å². The number of imide groups is 2. The lowest BCUT2D eigenvalue weighted by atomic mass is 9.82. The van der Waals surface area contributed by atoms with E-state index in [2.05, 4.69) is 104 Å². The number of hydrogen-bond acceptors (Lipinski definition) is 6. The Morgan fingerprint density at radius 1 is 0.439 bits per heavy atom. The molecule has 0 atom stereocenters. The Labute approximate surface area is 390 Å². The second-order valence-electron chi connectivity index (χ2n) is 19.4. The van der Waals surface area contributed by atoms with Gasteiger partial charge in [0.1, 0.15) is 0 Å². The highest BCUT2D eigenvalue weighted by molar-refractivity contribution is 6.45. The molecule has 0 unspecified atom stereocenters. The van der Waals surface area contributed by atoms with Crippen molar-refractivity contribution in [2.45, 2.75) is 131 Å². The normalized spacial score (nSPS) is 13.7. The van der Waals surface area contributed by atoms with Gasteiger partial charge in [-0.1, -0.05) is 143 Å². The first-order chi connectivity index (χ1) is 31.7. The van der Waals surface area contributed by atoms with Gasteiger partial charge >= 0.3 is 0 Å². The standard InChI is InChI=1S/C58H64N4O4/c1-11-13-17-37-23-27-39(28-24-37)59-47-31-45-50-49-46(56(64)61(57(65)51(47)49)53-41(33(3)4)19-15-20-42(53)34(5)6)32-48(60-40-29-25-38(26-30-40)18-14-12-2)52(50)58(66)62(55(45)63)54-43(35(7)8)21-16-22-44(54)36(9)10/h15-16,19-36,59-60H,11-14,17-18H2,1-10H3. The number of nitrogens with one attached hydrogen (secondary N) is 2. The zero-order chi connectivity index (χ0) is 47.1. The van der Waals surface area contributed by atoms with Crippen molar-refractivity contribution in [1.82, 2.24) is 0 Å². The Kier molecular flexibility index (Phi) is 13.1. The number of amides is 4. The first-order valence-corrected chi connectivity index (χ1v) is 24.1. The maximum absolute atomic E-state index is 15.7. The van der Waals surface area contributed by atoms with Crippen LogP contribution in [0, 0.1) is 0 Å². The molecule has 0 aromatic heterocycles. The average molecular weight is 881 g/mol. The van der Waals surface area contributed by atoms with Crippen LogP contribution >= 0.6 is 0 Å². The fourth-order valence-corrected chi connectivity index (χ4v) is 9.79. The molecule has 8 nitrogen and oxygen atoms in total. The third-order valence-corrected chi connectivity index (χ3v) is 13.3. The number of aryl methyl sites for hydroxylation is 2. The highest BCUT2D eigenvalue weighted by atomic mass is 16.2. The van der Waals surface area contributed by atoms with Gasteiger partial charge in [0, 0.05) is 22.1 Å².